The largest absolute Gasteiger partial charge is 0.387 e. The molecule has 1 saturated heterocycles. The van der Waals surface area contributed by atoms with Gasteiger partial charge in [-0.15, -0.1) is 11.3 Å². The summed E-state index contributed by atoms with van der Waals surface area (Å²) in [6.07, 6.45) is 0.495. The number of likely N-dealkylation sites (tertiary alicyclic amines) is 1. The SMILES string of the molecule is CCOC.O=CC1=C(CN2CCC(O)C(F)(F)C2)NC(c2nccs2)=N[C@H]1c1ccc(F)cc1Br. The number of halogens is 4. The van der Waals surface area contributed by atoms with Crippen molar-refractivity contribution in [3.8, 4) is 0 Å². The van der Waals surface area contributed by atoms with E-state index in [1.165, 1.54) is 34.4 Å². The Balaban J connectivity index is 0.000000795. The maximum absolute atomic E-state index is 14.0. The number of rotatable bonds is 6. The zero-order chi connectivity index (χ0) is 25.6. The second kappa shape index (κ2) is 12.2. The predicted octanol–water partition coefficient (Wildman–Crippen LogP) is 3.94. The molecule has 1 unspecified atom stereocenters. The van der Waals surface area contributed by atoms with Crippen LogP contribution < -0.4 is 5.32 Å². The number of amidine groups is 1. The molecular formula is C23H26BrF3N4O3S. The summed E-state index contributed by atoms with van der Waals surface area (Å²) >= 11 is 4.67. The van der Waals surface area contributed by atoms with E-state index in [0.29, 0.717) is 32.9 Å². The van der Waals surface area contributed by atoms with E-state index < -0.39 is 30.4 Å². The quantitative estimate of drug-likeness (QED) is 0.508. The first kappa shape index (κ1) is 27.5. The standard InChI is InChI=1S/C20H18BrF3N4O2S.C3H8O/c21-14-7-11(22)1-2-12(14)17-13(9-29)15(26-18(27-17)19-25-4-6-31-19)8-28-5-3-16(30)20(23,24)10-28;1-3-4-2/h1-2,4,6-7,9,16-17,30H,3,5,8,10H2,(H,26,27);3H2,1-2H3/t16?,17-;/m0./s1. The molecular weight excluding hydrogens is 549 g/mol. The van der Waals surface area contributed by atoms with Crippen molar-refractivity contribution in [2.45, 2.75) is 31.4 Å². The minimum Gasteiger partial charge on any atom is -0.387 e. The van der Waals surface area contributed by atoms with Gasteiger partial charge in [0.15, 0.2) is 10.8 Å². The number of nitrogens with zero attached hydrogens (tertiary/aromatic N) is 3. The van der Waals surface area contributed by atoms with E-state index in [0.717, 1.165) is 6.61 Å². The Morgan fingerprint density at radius 3 is 2.74 bits per heavy atom. The average Bonchev–Trinajstić information content (AvgIpc) is 3.36. The van der Waals surface area contributed by atoms with Gasteiger partial charge in [-0.1, -0.05) is 22.0 Å². The summed E-state index contributed by atoms with van der Waals surface area (Å²) in [5, 5.41) is 15.0. The van der Waals surface area contributed by atoms with Gasteiger partial charge in [-0.3, -0.25) is 14.7 Å². The first-order chi connectivity index (χ1) is 16.7. The maximum Gasteiger partial charge on any atom is 0.285 e. The number of aliphatic hydroxyl groups excluding tert-OH is 1. The zero-order valence-corrected chi connectivity index (χ0v) is 21.6. The Labute approximate surface area is 213 Å². The van der Waals surface area contributed by atoms with Crippen LogP contribution in [0.15, 0.2) is 50.5 Å². The normalized spacial score (nSPS) is 22.1. The number of alkyl halides is 2. The van der Waals surface area contributed by atoms with Gasteiger partial charge in [-0.2, -0.15) is 0 Å². The van der Waals surface area contributed by atoms with Crippen molar-refractivity contribution in [2.75, 3.05) is 33.4 Å². The fraction of sp³-hybridized carbons (Fsp3) is 0.435. The van der Waals surface area contributed by atoms with Gasteiger partial charge in [0, 0.05) is 54.1 Å². The third kappa shape index (κ3) is 6.76. The van der Waals surface area contributed by atoms with E-state index in [4.69, 9.17) is 0 Å². The highest BCUT2D eigenvalue weighted by Crippen LogP contribution is 2.36. The first-order valence-electron chi connectivity index (χ1n) is 10.8. The molecule has 7 nitrogen and oxygen atoms in total. The van der Waals surface area contributed by atoms with Gasteiger partial charge in [-0.05, 0) is 31.0 Å². The van der Waals surface area contributed by atoms with Gasteiger partial charge in [0.1, 0.15) is 24.2 Å². The molecule has 2 aliphatic heterocycles. The molecule has 12 heteroatoms. The molecule has 3 heterocycles. The highest BCUT2D eigenvalue weighted by Gasteiger charge is 2.44. The lowest BCUT2D eigenvalue weighted by atomic mass is 9.95. The van der Waals surface area contributed by atoms with Crippen molar-refractivity contribution in [3.63, 3.8) is 0 Å². The molecule has 1 aromatic carbocycles. The number of carbonyl (C=O) groups is 1. The highest BCUT2D eigenvalue weighted by atomic mass is 79.9. The number of piperidine rings is 1. The molecule has 35 heavy (non-hydrogen) atoms. The smallest absolute Gasteiger partial charge is 0.285 e. The number of thiazole rings is 1. The number of hydrogen-bond acceptors (Lipinski definition) is 8. The van der Waals surface area contributed by atoms with Crippen molar-refractivity contribution in [3.05, 3.63) is 61.9 Å². The van der Waals surface area contributed by atoms with E-state index in [9.17, 15) is 23.1 Å². The molecule has 1 fully saturated rings. The van der Waals surface area contributed by atoms with Crippen LogP contribution in [-0.2, 0) is 9.53 Å². The summed E-state index contributed by atoms with van der Waals surface area (Å²) in [5.41, 5.74) is 1.25. The summed E-state index contributed by atoms with van der Waals surface area (Å²) in [7, 11) is 1.68. The van der Waals surface area contributed by atoms with Crippen LogP contribution in [0.5, 0.6) is 0 Å². The number of benzene rings is 1. The maximum atomic E-state index is 14.0. The van der Waals surface area contributed by atoms with E-state index in [1.54, 1.807) is 18.7 Å². The van der Waals surface area contributed by atoms with Crippen LogP contribution in [-0.4, -0.2) is 72.5 Å². The Kier molecular flexibility index (Phi) is 9.59. The van der Waals surface area contributed by atoms with Gasteiger partial charge in [0.05, 0.1) is 6.54 Å². The second-order valence-corrected chi connectivity index (χ2v) is 9.66. The van der Waals surface area contributed by atoms with Crippen molar-refractivity contribution < 1.29 is 27.8 Å². The van der Waals surface area contributed by atoms with Gasteiger partial charge in [0.25, 0.3) is 5.92 Å². The predicted molar refractivity (Wildman–Crippen MR) is 131 cm³/mol. The van der Waals surface area contributed by atoms with Crippen molar-refractivity contribution in [1.82, 2.24) is 15.2 Å². The highest BCUT2D eigenvalue weighted by molar-refractivity contribution is 9.10. The van der Waals surface area contributed by atoms with E-state index in [-0.39, 0.29) is 25.1 Å². The van der Waals surface area contributed by atoms with Crippen LogP contribution in [0.25, 0.3) is 0 Å². The van der Waals surface area contributed by atoms with Crippen LogP contribution in [0.1, 0.15) is 30.0 Å². The van der Waals surface area contributed by atoms with Gasteiger partial charge < -0.3 is 15.2 Å². The number of ether oxygens (including phenoxy) is 1. The fourth-order valence-electron chi connectivity index (χ4n) is 3.64. The Bertz CT molecular complexity index is 1080. The number of carbonyl (C=O) groups excluding carboxylic acids is 1. The third-order valence-corrected chi connectivity index (χ3v) is 6.97. The number of methoxy groups -OCH3 is 1. The number of aliphatic hydroxyl groups is 1. The third-order valence-electron chi connectivity index (χ3n) is 5.50. The molecule has 4 rings (SSSR count). The number of aldehydes is 1. The molecule has 1 aromatic heterocycles. The lowest BCUT2D eigenvalue weighted by Gasteiger charge is -2.37. The summed E-state index contributed by atoms with van der Waals surface area (Å²) < 4.78 is 46.7. The minimum atomic E-state index is -3.24. The van der Waals surface area contributed by atoms with Crippen LogP contribution in [0, 0.1) is 5.82 Å². The summed E-state index contributed by atoms with van der Waals surface area (Å²) in [6, 6.07) is 3.32. The molecule has 2 N–H and O–H groups in total. The second-order valence-electron chi connectivity index (χ2n) is 7.91. The molecule has 0 radical (unpaired) electrons. The molecule has 0 saturated carbocycles. The van der Waals surface area contributed by atoms with Crippen LogP contribution >= 0.6 is 27.3 Å². The van der Waals surface area contributed by atoms with Crippen molar-refractivity contribution >= 4 is 39.4 Å². The monoisotopic (exact) mass is 574 g/mol. The number of nitrogens with one attached hydrogen (secondary N) is 1. The Morgan fingerprint density at radius 2 is 2.17 bits per heavy atom. The molecule has 0 spiro atoms. The molecule has 0 aliphatic carbocycles. The molecule has 2 aromatic rings. The van der Waals surface area contributed by atoms with Crippen molar-refractivity contribution in [1.29, 1.82) is 0 Å². The van der Waals surface area contributed by atoms with Crippen molar-refractivity contribution in [2.24, 2.45) is 4.99 Å². The minimum absolute atomic E-state index is 0.0378. The summed E-state index contributed by atoms with van der Waals surface area (Å²) in [4.78, 5) is 22.4. The first-order valence-corrected chi connectivity index (χ1v) is 12.5. The average molecular weight is 575 g/mol. The van der Waals surface area contributed by atoms with E-state index in [2.05, 4.69) is 36.0 Å². The Hall–Kier alpha value is -2.12. The number of hydrogen-bond donors (Lipinski definition) is 2. The number of aliphatic imine (C=N–C) groups is 1. The molecule has 190 valence electrons. The topological polar surface area (TPSA) is 87.0 Å². The van der Waals surface area contributed by atoms with Crippen LogP contribution in [0.3, 0.4) is 0 Å². The molecule has 2 aliphatic rings. The molecule has 0 bridgehead atoms. The number of aromatic nitrogens is 1. The molecule has 2 atom stereocenters. The molecule has 0 amide bonds. The lowest BCUT2D eigenvalue weighted by molar-refractivity contribution is -0.148. The lowest BCUT2D eigenvalue weighted by Crippen LogP contribution is -2.52. The van der Waals surface area contributed by atoms with Crippen LogP contribution in [0.4, 0.5) is 13.2 Å². The van der Waals surface area contributed by atoms with Gasteiger partial charge in [-0.25, -0.2) is 18.2 Å². The fourth-order valence-corrected chi connectivity index (χ4v) is 4.80. The van der Waals surface area contributed by atoms with Gasteiger partial charge >= 0.3 is 0 Å². The van der Waals surface area contributed by atoms with E-state index >= 15 is 0 Å². The summed E-state index contributed by atoms with van der Waals surface area (Å²) in [5.74, 6) is -3.28. The Morgan fingerprint density at radius 1 is 1.43 bits per heavy atom. The van der Waals surface area contributed by atoms with E-state index in [1.807, 2.05) is 6.92 Å². The van der Waals surface area contributed by atoms with Gasteiger partial charge in [0.2, 0.25) is 0 Å². The van der Waals surface area contributed by atoms with Crippen LogP contribution in [0.2, 0.25) is 0 Å². The summed E-state index contributed by atoms with van der Waals surface area (Å²) in [6.45, 7) is 2.44. The zero-order valence-electron chi connectivity index (χ0n) is 19.2.